The van der Waals surface area contributed by atoms with Crippen molar-refractivity contribution in [2.75, 3.05) is 13.1 Å². The van der Waals surface area contributed by atoms with Crippen LogP contribution in [0.2, 0.25) is 0 Å². The largest absolute Gasteiger partial charge is 0.354 e. The second-order valence-electron chi connectivity index (χ2n) is 4.66. The van der Waals surface area contributed by atoms with E-state index in [9.17, 15) is 4.79 Å². The van der Waals surface area contributed by atoms with Crippen LogP contribution in [0.25, 0.3) is 0 Å². The number of hydrogen-bond donors (Lipinski definition) is 2. The first kappa shape index (κ1) is 9.97. The molecule has 2 N–H and O–H groups in total. The monoisotopic (exact) mass is 196 g/mol. The maximum atomic E-state index is 11.6. The van der Waals surface area contributed by atoms with E-state index in [-0.39, 0.29) is 11.8 Å². The lowest BCUT2D eigenvalue weighted by atomic mass is 10.1. The van der Waals surface area contributed by atoms with Gasteiger partial charge in [0, 0.05) is 18.5 Å². The first-order valence-corrected chi connectivity index (χ1v) is 5.78. The lowest BCUT2D eigenvalue weighted by molar-refractivity contribution is -0.125. The molecule has 0 radical (unpaired) electrons. The summed E-state index contributed by atoms with van der Waals surface area (Å²) in [5, 5.41) is 6.43. The second-order valence-corrected chi connectivity index (χ2v) is 4.66. The number of rotatable bonds is 4. The van der Waals surface area contributed by atoms with E-state index in [1.54, 1.807) is 0 Å². The van der Waals surface area contributed by atoms with Crippen LogP contribution in [0.3, 0.4) is 0 Å². The molecule has 1 aliphatic carbocycles. The van der Waals surface area contributed by atoms with Gasteiger partial charge in [-0.15, -0.1) is 0 Å². The van der Waals surface area contributed by atoms with Gasteiger partial charge in [-0.1, -0.05) is 6.92 Å². The maximum Gasteiger partial charge on any atom is 0.223 e. The molecule has 1 heterocycles. The van der Waals surface area contributed by atoms with E-state index in [1.807, 2.05) is 0 Å². The van der Waals surface area contributed by atoms with Crippen LogP contribution in [0.5, 0.6) is 0 Å². The number of amides is 1. The van der Waals surface area contributed by atoms with E-state index < -0.39 is 0 Å². The number of nitrogens with one attached hydrogen (secondary N) is 2. The van der Waals surface area contributed by atoms with Gasteiger partial charge in [-0.05, 0) is 38.1 Å². The van der Waals surface area contributed by atoms with Crippen LogP contribution < -0.4 is 10.6 Å². The van der Waals surface area contributed by atoms with Gasteiger partial charge >= 0.3 is 0 Å². The van der Waals surface area contributed by atoms with E-state index in [1.165, 1.54) is 25.7 Å². The Hall–Kier alpha value is -0.570. The van der Waals surface area contributed by atoms with Crippen molar-refractivity contribution in [1.29, 1.82) is 0 Å². The van der Waals surface area contributed by atoms with Gasteiger partial charge in [0.25, 0.3) is 0 Å². The molecular weight excluding hydrogens is 176 g/mol. The van der Waals surface area contributed by atoms with Crippen LogP contribution in [0.1, 0.15) is 32.6 Å². The summed E-state index contributed by atoms with van der Waals surface area (Å²) in [5.74, 6) is 1.16. The maximum absolute atomic E-state index is 11.6. The van der Waals surface area contributed by atoms with Crippen LogP contribution >= 0.6 is 0 Å². The number of carbonyl (C=O) groups is 1. The molecule has 2 unspecified atom stereocenters. The van der Waals surface area contributed by atoms with E-state index in [0.717, 1.165) is 13.1 Å². The molecule has 0 bridgehead atoms. The summed E-state index contributed by atoms with van der Waals surface area (Å²) in [7, 11) is 0. The Balaban J connectivity index is 1.65. The van der Waals surface area contributed by atoms with Gasteiger partial charge < -0.3 is 10.6 Å². The average Bonchev–Trinajstić information content (AvgIpc) is 2.91. The van der Waals surface area contributed by atoms with Crippen LogP contribution in [0.15, 0.2) is 0 Å². The molecular formula is C11H20N2O. The lowest BCUT2D eigenvalue weighted by Gasteiger charge is -2.14. The molecule has 3 nitrogen and oxygen atoms in total. The average molecular weight is 196 g/mol. The van der Waals surface area contributed by atoms with Gasteiger partial charge in [-0.2, -0.15) is 0 Å². The summed E-state index contributed by atoms with van der Waals surface area (Å²) in [5.41, 5.74) is 0. The summed E-state index contributed by atoms with van der Waals surface area (Å²) in [6.45, 7) is 3.98. The molecule has 14 heavy (non-hydrogen) atoms. The highest BCUT2D eigenvalue weighted by Crippen LogP contribution is 2.36. The highest BCUT2D eigenvalue weighted by atomic mass is 16.1. The van der Waals surface area contributed by atoms with Crippen molar-refractivity contribution < 1.29 is 4.79 Å². The minimum Gasteiger partial charge on any atom is -0.354 e. The predicted molar refractivity (Wildman–Crippen MR) is 55.9 cm³/mol. The lowest BCUT2D eigenvalue weighted by Crippen LogP contribution is -2.39. The van der Waals surface area contributed by atoms with Crippen molar-refractivity contribution in [2.45, 2.75) is 38.6 Å². The first-order chi connectivity index (χ1) is 6.77. The summed E-state index contributed by atoms with van der Waals surface area (Å²) in [4.78, 5) is 11.6. The minimum atomic E-state index is 0.233. The van der Waals surface area contributed by atoms with Crippen LogP contribution in [-0.2, 0) is 4.79 Å². The summed E-state index contributed by atoms with van der Waals surface area (Å²) in [6.07, 6.45) is 4.95. The van der Waals surface area contributed by atoms with Crippen molar-refractivity contribution in [1.82, 2.24) is 10.6 Å². The Morgan fingerprint density at radius 1 is 1.50 bits per heavy atom. The quantitative estimate of drug-likeness (QED) is 0.701. The van der Waals surface area contributed by atoms with E-state index >= 15 is 0 Å². The molecule has 3 heteroatoms. The van der Waals surface area contributed by atoms with Crippen LogP contribution in [-0.4, -0.2) is 25.0 Å². The Labute approximate surface area is 85.6 Å². The van der Waals surface area contributed by atoms with Gasteiger partial charge in [-0.3, -0.25) is 4.79 Å². The molecule has 2 rings (SSSR count). The van der Waals surface area contributed by atoms with Gasteiger partial charge in [0.05, 0.1) is 0 Å². The molecule has 0 aromatic carbocycles. The molecule has 1 amide bonds. The summed E-state index contributed by atoms with van der Waals surface area (Å²) >= 11 is 0. The van der Waals surface area contributed by atoms with E-state index in [4.69, 9.17) is 0 Å². The number of hydrogen-bond acceptors (Lipinski definition) is 2. The second kappa shape index (κ2) is 4.30. The van der Waals surface area contributed by atoms with Crippen LogP contribution in [0, 0.1) is 11.8 Å². The van der Waals surface area contributed by atoms with E-state index in [2.05, 4.69) is 17.6 Å². The molecule has 0 aromatic heterocycles. The molecule has 2 atom stereocenters. The predicted octanol–water partition coefficient (Wildman–Crippen LogP) is 0.901. The molecule has 80 valence electrons. The fourth-order valence-corrected chi connectivity index (χ4v) is 2.13. The van der Waals surface area contributed by atoms with Crippen molar-refractivity contribution in [3.05, 3.63) is 0 Å². The third-order valence-corrected chi connectivity index (χ3v) is 3.43. The van der Waals surface area contributed by atoms with Crippen molar-refractivity contribution in [2.24, 2.45) is 11.8 Å². The molecule has 0 spiro atoms. The Morgan fingerprint density at radius 3 is 2.86 bits per heavy atom. The topological polar surface area (TPSA) is 41.1 Å². The smallest absolute Gasteiger partial charge is 0.223 e. The highest BCUT2D eigenvalue weighted by molar-refractivity contribution is 5.78. The van der Waals surface area contributed by atoms with Crippen LogP contribution in [0.4, 0.5) is 0 Å². The standard InChI is InChI=1S/C11H20N2O/c1-8(9-4-5-9)11(14)13-7-10-3-2-6-12-10/h8-10,12H,2-7H2,1H3,(H,13,14). The zero-order chi connectivity index (χ0) is 9.97. The third kappa shape index (κ3) is 2.47. The normalized spacial score (nSPS) is 28.8. The Bertz CT molecular complexity index is 207. The van der Waals surface area contributed by atoms with Gasteiger partial charge in [0.1, 0.15) is 0 Å². The van der Waals surface area contributed by atoms with E-state index in [0.29, 0.717) is 12.0 Å². The molecule has 0 aromatic rings. The minimum absolute atomic E-state index is 0.233. The molecule has 2 aliphatic rings. The Kier molecular flexibility index (Phi) is 3.06. The molecule has 1 saturated carbocycles. The zero-order valence-electron chi connectivity index (χ0n) is 8.88. The summed E-state index contributed by atoms with van der Waals surface area (Å²) in [6, 6.07) is 0.519. The highest BCUT2D eigenvalue weighted by Gasteiger charge is 2.32. The van der Waals surface area contributed by atoms with Gasteiger partial charge in [0.2, 0.25) is 5.91 Å². The molecule has 1 aliphatic heterocycles. The van der Waals surface area contributed by atoms with Crippen molar-refractivity contribution >= 4 is 5.91 Å². The molecule has 2 fully saturated rings. The van der Waals surface area contributed by atoms with Gasteiger partial charge in [-0.25, -0.2) is 0 Å². The van der Waals surface area contributed by atoms with Crippen molar-refractivity contribution in [3.8, 4) is 0 Å². The third-order valence-electron chi connectivity index (χ3n) is 3.43. The zero-order valence-corrected chi connectivity index (χ0v) is 8.88. The fourth-order valence-electron chi connectivity index (χ4n) is 2.13. The Morgan fingerprint density at radius 2 is 2.29 bits per heavy atom. The molecule has 1 saturated heterocycles. The SMILES string of the molecule is CC(C(=O)NCC1CCCN1)C1CC1. The summed E-state index contributed by atoms with van der Waals surface area (Å²) < 4.78 is 0. The van der Waals surface area contributed by atoms with Crippen molar-refractivity contribution in [3.63, 3.8) is 0 Å². The number of carbonyl (C=O) groups excluding carboxylic acids is 1. The fraction of sp³-hybridized carbons (Fsp3) is 0.909. The first-order valence-electron chi connectivity index (χ1n) is 5.78. The van der Waals surface area contributed by atoms with Gasteiger partial charge in [0.15, 0.2) is 0 Å².